The number of nitrogens with zero attached hydrogens (tertiary/aromatic N) is 4. The van der Waals surface area contributed by atoms with Crippen molar-refractivity contribution in [3.63, 3.8) is 0 Å². The first-order valence-corrected chi connectivity index (χ1v) is 9.26. The molecule has 2 aromatic carbocycles. The zero-order valence-electron chi connectivity index (χ0n) is 16.8. The molecule has 0 aliphatic heterocycles. The quantitative estimate of drug-likeness (QED) is 0.455. The summed E-state index contributed by atoms with van der Waals surface area (Å²) in [7, 11) is 3.14. The molecule has 0 aliphatic rings. The SMILES string of the molecule is COc1cccc(-c2noc(COc3cc(C)nc(-c4ccccc4)n3)n2)c1OC. The highest BCUT2D eigenvalue weighted by Crippen LogP contribution is 2.36. The molecule has 8 nitrogen and oxygen atoms in total. The van der Waals surface area contributed by atoms with E-state index in [9.17, 15) is 0 Å². The molecule has 4 rings (SSSR count). The first-order chi connectivity index (χ1) is 14.7. The van der Waals surface area contributed by atoms with Crippen LogP contribution in [0, 0.1) is 6.92 Å². The van der Waals surface area contributed by atoms with Crippen LogP contribution in [0.15, 0.2) is 59.1 Å². The van der Waals surface area contributed by atoms with Crippen LogP contribution in [-0.4, -0.2) is 34.3 Å². The van der Waals surface area contributed by atoms with E-state index < -0.39 is 0 Å². The Kier molecular flexibility index (Phi) is 5.56. The molecule has 2 heterocycles. The first-order valence-electron chi connectivity index (χ1n) is 9.26. The number of rotatable bonds is 7. The molecule has 30 heavy (non-hydrogen) atoms. The van der Waals surface area contributed by atoms with E-state index in [0.29, 0.717) is 40.5 Å². The van der Waals surface area contributed by atoms with Gasteiger partial charge < -0.3 is 18.7 Å². The van der Waals surface area contributed by atoms with E-state index in [-0.39, 0.29) is 6.61 Å². The van der Waals surface area contributed by atoms with E-state index in [2.05, 4.69) is 20.1 Å². The van der Waals surface area contributed by atoms with Crippen LogP contribution in [0.25, 0.3) is 22.8 Å². The van der Waals surface area contributed by atoms with Crippen molar-refractivity contribution in [1.82, 2.24) is 20.1 Å². The smallest absolute Gasteiger partial charge is 0.264 e. The summed E-state index contributed by atoms with van der Waals surface area (Å²) in [6.45, 7) is 1.96. The molecule has 152 valence electrons. The van der Waals surface area contributed by atoms with Gasteiger partial charge in [0.05, 0.1) is 19.8 Å². The lowest BCUT2D eigenvalue weighted by Crippen LogP contribution is -2.01. The number of ether oxygens (including phenoxy) is 3. The van der Waals surface area contributed by atoms with E-state index in [1.807, 2.05) is 49.4 Å². The van der Waals surface area contributed by atoms with E-state index in [1.165, 1.54) is 0 Å². The van der Waals surface area contributed by atoms with Gasteiger partial charge in [-0.2, -0.15) is 9.97 Å². The van der Waals surface area contributed by atoms with Gasteiger partial charge in [-0.15, -0.1) is 0 Å². The number of aryl methyl sites for hydroxylation is 1. The van der Waals surface area contributed by atoms with Crippen LogP contribution < -0.4 is 14.2 Å². The zero-order chi connectivity index (χ0) is 20.9. The molecule has 0 saturated heterocycles. The van der Waals surface area contributed by atoms with Gasteiger partial charge in [-0.3, -0.25) is 0 Å². The van der Waals surface area contributed by atoms with Gasteiger partial charge in [0.2, 0.25) is 11.7 Å². The van der Waals surface area contributed by atoms with Crippen LogP contribution in [0.3, 0.4) is 0 Å². The molecule has 0 radical (unpaired) electrons. The molecule has 2 aromatic heterocycles. The van der Waals surface area contributed by atoms with Gasteiger partial charge >= 0.3 is 0 Å². The van der Waals surface area contributed by atoms with Gasteiger partial charge in [0.1, 0.15) is 0 Å². The summed E-state index contributed by atoms with van der Waals surface area (Å²) < 4.78 is 21.9. The number of aromatic nitrogens is 4. The van der Waals surface area contributed by atoms with Crippen LogP contribution in [0.5, 0.6) is 17.4 Å². The third-order valence-corrected chi connectivity index (χ3v) is 4.32. The van der Waals surface area contributed by atoms with Crippen LogP contribution in [0.2, 0.25) is 0 Å². The van der Waals surface area contributed by atoms with E-state index in [4.69, 9.17) is 18.7 Å². The normalized spacial score (nSPS) is 10.6. The summed E-state index contributed by atoms with van der Waals surface area (Å²) >= 11 is 0. The Hall–Kier alpha value is -3.94. The predicted molar refractivity (Wildman–Crippen MR) is 109 cm³/mol. The highest BCUT2D eigenvalue weighted by Gasteiger charge is 2.17. The fourth-order valence-corrected chi connectivity index (χ4v) is 2.95. The fourth-order valence-electron chi connectivity index (χ4n) is 2.95. The molecule has 0 amide bonds. The lowest BCUT2D eigenvalue weighted by atomic mass is 10.1. The summed E-state index contributed by atoms with van der Waals surface area (Å²) in [4.78, 5) is 13.3. The topological polar surface area (TPSA) is 92.4 Å². The molecule has 0 atom stereocenters. The standard InChI is InChI=1S/C22H20N4O4/c1-14-12-18(24-21(23-14)15-8-5-4-6-9-15)29-13-19-25-22(26-30-19)16-10-7-11-17(27-2)20(16)28-3/h4-12H,13H2,1-3H3. The number of benzene rings is 2. The Morgan fingerprint density at radius 1 is 0.867 bits per heavy atom. The predicted octanol–water partition coefficient (Wildman–Crippen LogP) is 4.10. The van der Waals surface area contributed by atoms with Crippen LogP contribution in [0.4, 0.5) is 0 Å². The lowest BCUT2D eigenvalue weighted by Gasteiger charge is -2.09. The summed E-state index contributed by atoms with van der Waals surface area (Å²) in [5.74, 6) is 2.84. The molecule has 0 spiro atoms. The monoisotopic (exact) mass is 404 g/mol. The Morgan fingerprint density at radius 3 is 2.47 bits per heavy atom. The maximum Gasteiger partial charge on any atom is 0.264 e. The second kappa shape index (κ2) is 8.60. The first kappa shape index (κ1) is 19.4. The van der Waals surface area contributed by atoms with Gasteiger partial charge in [0.15, 0.2) is 23.9 Å². The van der Waals surface area contributed by atoms with E-state index in [1.54, 1.807) is 26.4 Å². The fraction of sp³-hybridized carbons (Fsp3) is 0.182. The summed E-state index contributed by atoms with van der Waals surface area (Å²) in [6.07, 6.45) is 0. The highest BCUT2D eigenvalue weighted by molar-refractivity contribution is 5.68. The maximum atomic E-state index is 5.78. The summed E-state index contributed by atoms with van der Waals surface area (Å²) in [5.41, 5.74) is 2.37. The van der Waals surface area contributed by atoms with Crippen molar-refractivity contribution in [3.8, 4) is 40.2 Å². The van der Waals surface area contributed by atoms with Crippen LogP contribution >= 0.6 is 0 Å². The zero-order valence-corrected chi connectivity index (χ0v) is 16.8. The number of hydrogen-bond acceptors (Lipinski definition) is 8. The van der Waals surface area contributed by atoms with Crippen molar-refractivity contribution in [2.24, 2.45) is 0 Å². The number of hydrogen-bond donors (Lipinski definition) is 0. The van der Waals surface area contributed by atoms with Crippen molar-refractivity contribution < 1.29 is 18.7 Å². The van der Waals surface area contributed by atoms with Crippen molar-refractivity contribution in [2.45, 2.75) is 13.5 Å². The molecule has 8 heteroatoms. The minimum atomic E-state index is 0.0734. The van der Waals surface area contributed by atoms with Crippen molar-refractivity contribution >= 4 is 0 Å². The minimum Gasteiger partial charge on any atom is -0.493 e. The summed E-state index contributed by atoms with van der Waals surface area (Å²) in [6, 6.07) is 16.9. The van der Waals surface area contributed by atoms with Gasteiger partial charge in [0, 0.05) is 17.3 Å². The second-order valence-electron chi connectivity index (χ2n) is 6.38. The molecule has 0 saturated carbocycles. The Morgan fingerprint density at radius 2 is 1.70 bits per heavy atom. The molecular formula is C22H20N4O4. The molecule has 4 aromatic rings. The summed E-state index contributed by atoms with van der Waals surface area (Å²) in [5, 5.41) is 4.03. The number of para-hydroxylation sites is 1. The van der Waals surface area contributed by atoms with Crippen LogP contribution in [-0.2, 0) is 6.61 Å². The van der Waals surface area contributed by atoms with Gasteiger partial charge in [-0.25, -0.2) is 4.98 Å². The molecule has 0 bridgehead atoms. The Labute approximate surface area is 173 Å². The molecular weight excluding hydrogens is 384 g/mol. The van der Waals surface area contributed by atoms with E-state index >= 15 is 0 Å². The van der Waals surface area contributed by atoms with Gasteiger partial charge in [-0.1, -0.05) is 41.6 Å². The molecule has 0 aliphatic carbocycles. The number of methoxy groups -OCH3 is 2. The Bertz CT molecular complexity index is 1150. The lowest BCUT2D eigenvalue weighted by molar-refractivity contribution is 0.235. The molecule has 0 unspecified atom stereocenters. The van der Waals surface area contributed by atoms with E-state index in [0.717, 1.165) is 11.3 Å². The molecule has 0 fully saturated rings. The average Bonchev–Trinajstić information content (AvgIpc) is 3.26. The van der Waals surface area contributed by atoms with Crippen molar-refractivity contribution in [2.75, 3.05) is 14.2 Å². The largest absolute Gasteiger partial charge is 0.493 e. The van der Waals surface area contributed by atoms with Gasteiger partial charge in [0.25, 0.3) is 5.89 Å². The van der Waals surface area contributed by atoms with Crippen molar-refractivity contribution in [1.29, 1.82) is 0 Å². The highest BCUT2D eigenvalue weighted by atomic mass is 16.5. The average molecular weight is 404 g/mol. The minimum absolute atomic E-state index is 0.0734. The van der Waals surface area contributed by atoms with Crippen molar-refractivity contribution in [3.05, 3.63) is 66.2 Å². The maximum absolute atomic E-state index is 5.78. The third kappa shape index (κ3) is 4.07. The Balaban J connectivity index is 1.53. The van der Waals surface area contributed by atoms with Crippen LogP contribution in [0.1, 0.15) is 11.6 Å². The second-order valence-corrected chi connectivity index (χ2v) is 6.38. The third-order valence-electron chi connectivity index (χ3n) is 4.32. The van der Waals surface area contributed by atoms with Gasteiger partial charge in [-0.05, 0) is 19.1 Å². The molecule has 0 N–H and O–H groups in total.